The molecule has 0 aromatic rings. The van der Waals surface area contributed by atoms with Crippen molar-refractivity contribution in [2.75, 3.05) is 19.6 Å². The van der Waals surface area contributed by atoms with Crippen LogP contribution in [0.25, 0.3) is 0 Å². The molecule has 1 amide bonds. The van der Waals surface area contributed by atoms with Gasteiger partial charge in [-0.15, -0.1) is 0 Å². The zero-order valence-corrected chi connectivity index (χ0v) is 12.8. The Bertz CT molecular complexity index is 321. The molecule has 2 aliphatic heterocycles. The lowest BCUT2D eigenvalue weighted by Crippen LogP contribution is -2.50. The van der Waals surface area contributed by atoms with Crippen LogP contribution in [0.4, 0.5) is 0 Å². The van der Waals surface area contributed by atoms with Crippen LogP contribution in [-0.2, 0) is 4.79 Å². The van der Waals surface area contributed by atoms with Gasteiger partial charge in [-0.3, -0.25) is 9.69 Å². The highest BCUT2D eigenvalue weighted by Gasteiger charge is 2.44. The smallest absolute Gasteiger partial charge is 0.237 e. The van der Waals surface area contributed by atoms with Gasteiger partial charge < -0.3 is 10.6 Å². The molecule has 2 fully saturated rings. The molecule has 0 saturated carbocycles. The highest BCUT2D eigenvalue weighted by atomic mass is 16.2. The average molecular weight is 267 g/mol. The normalized spacial score (nSPS) is 34.0. The second kappa shape index (κ2) is 6.23. The summed E-state index contributed by atoms with van der Waals surface area (Å²) in [6.07, 6.45) is 2.18. The molecule has 0 bridgehead atoms. The lowest BCUT2D eigenvalue weighted by molar-refractivity contribution is -0.127. The summed E-state index contributed by atoms with van der Waals surface area (Å²) in [6, 6.07) is 0.807. The first-order chi connectivity index (χ1) is 9.04. The number of likely N-dealkylation sites (tertiary alicyclic amines) is 1. The van der Waals surface area contributed by atoms with E-state index >= 15 is 0 Å². The van der Waals surface area contributed by atoms with Gasteiger partial charge in [0.2, 0.25) is 5.91 Å². The van der Waals surface area contributed by atoms with Crippen LogP contribution in [0.2, 0.25) is 0 Å². The predicted octanol–water partition coefficient (Wildman–Crippen LogP) is 1.22. The van der Waals surface area contributed by atoms with Gasteiger partial charge in [0.1, 0.15) is 0 Å². The van der Waals surface area contributed by atoms with Crippen LogP contribution in [0, 0.1) is 11.8 Å². The summed E-state index contributed by atoms with van der Waals surface area (Å²) in [7, 11) is 0. The van der Waals surface area contributed by atoms with E-state index in [-0.39, 0.29) is 11.9 Å². The summed E-state index contributed by atoms with van der Waals surface area (Å²) in [4.78, 5) is 14.7. The average Bonchev–Trinajstić information content (AvgIpc) is 2.92. The summed E-state index contributed by atoms with van der Waals surface area (Å²) >= 11 is 0. The Kier molecular flexibility index (Phi) is 4.85. The minimum absolute atomic E-state index is 0.0000869. The molecule has 0 radical (unpaired) electrons. The Morgan fingerprint density at radius 2 is 2.16 bits per heavy atom. The second-order valence-electron chi connectivity index (χ2n) is 6.39. The summed E-state index contributed by atoms with van der Waals surface area (Å²) < 4.78 is 0. The third-order valence-electron chi connectivity index (χ3n) is 4.97. The van der Waals surface area contributed by atoms with Crippen LogP contribution in [0.3, 0.4) is 0 Å². The van der Waals surface area contributed by atoms with Crippen molar-refractivity contribution in [1.82, 2.24) is 15.5 Å². The van der Waals surface area contributed by atoms with Crippen LogP contribution in [0.15, 0.2) is 0 Å². The Morgan fingerprint density at radius 3 is 2.79 bits per heavy atom. The van der Waals surface area contributed by atoms with Gasteiger partial charge in [-0.1, -0.05) is 13.3 Å². The van der Waals surface area contributed by atoms with Crippen molar-refractivity contribution in [3.8, 4) is 0 Å². The van der Waals surface area contributed by atoms with Crippen molar-refractivity contribution in [3.05, 3.63) is 0 Å². The lowest BCUT2D eigenvalue weighted by atomic mass is 9.95. The number of hydrogen-bond acceptors (Lipinski definition) is 3. The van der Waals surface area contributed by atoms with E-state index < -0.39 is 0 Å². The molecule has 4 nitrogen and oxygen atoms in total. The van der Waals surface area contributed by atoms with Crippen molar-refractivity contribution in [1.29, 1.82) is 0 Å². The molecule has 0 aromatic heterocycles. The number of carbonyl (C=O) groups excluding carboxylic acids is 1. The van der Waals surface area contributed by atoms with Crippen LogP contribution >= 0.6 is 0 Å². The SMILES string of the molecule is CCCC(C)NC(=O)C(C)N1CC2CNCC2C1C. The van der Waals surface area contributed by atoms with Crippen molar-refractivity contribution in [2.45, 2.75) is 58.7 Å². The van der Waals surface area contributed by atoms with Gasteiger partial charge in [0.05, 0.1) is 6.04 Å². The highest BCUT2D eigenvalue weighted by molar-refractivity contribution is 5.81. The Balaban J connectivity index is 1.89. The highest BCUT2D eigenvalue weighted by Crippen LogP contribution is 2.33. The number of rotatable bonds is 5. The number of fused-ring (bicyclic) bond motifs is 1. The molecule has 4 heteroatoms. The summed E-state index contributed by atoms with van der Waals surface area (Å²) in [6.45, 7) is 11.9. The topological polar surface area (TPSA) is 44.4 Å². The number of nitrogens with one attached hydrogen (secondary N) is 2. The Hall–Kier alpha value is -0.610. The summed E-state index contributed by atoms with van der Waals surface area (Å²) in [5, 5.41) is 6.61. The van der Waals surface area contributed by atoms with E-state index in [1.807, 2.05) is 0 Å². The first kappa shape index (κ1) is 14.8. The van der Waals surface area contributed by atoms with E-state index in [1.165, 1.54) is 0 Å². The fourth-order valence-electron chi connectivity index (χ4n) is 3.73. The van der Waals surface area contributed by atoms with E-state index in [9.17, 15) is 4.79 Å². The maximum Gasteiger partial charge on any atom is 0.237 e. The molecule has 2 rings (SSSR count). The lowest BCUT2D eigenvalue weighted by Gasteiger charge is -2.30. The van der Waals surface area contributed by atoms with E-state index in [4.69, 9.17) is 0 Å². The standard InChI is InChI=1S/C15H29N3O/c1-5-6-10(2)17-15(19)12(4)18-9-13-7-16-8-14(13)11(18)3/h10-14,16H,5-9H2,1-4H3,(H,17,19). The third kappa shape index (κ3) is 3.11. The molecule has 2 N–H and O–H groups in total. The van der Waals surface area contributed by atoms with Gasteiger partial charge in [0.15, 0.2) is 0 Å². The maximum atomic E-state index is 12.3. The molecule has 0 aliphatic carbocycles. The molecular formula is C15H29N3O. The third-order valence-corrected chi connectivity index (χ3v) is 4.97. The minimum Gasteiger partial charge on any atom is -0.352 e. The molecule has 110 valence electrons. The van der Waals surface area contributed by atoms with Gasteiger partial charge >= 0.3 is 0 Å². The minimum atomic E-state index is -0.0000869. The zero-order valence-electron chi connectivity index (χ0n) is 12.8. The number of amides is 1. The molecule has 19 heavy (non-hydrogen) atoms. The fourth-order valence-corrected chi connectivity index (χ4v) is 3.73. The number of nitrogens with zero attached hydrogens (tertiary/aromatic N) is 1. The van der Waals surface area contributed by atoms with E-state index in [0.717, 1.165) is 44.3 Å². The van der Waals surface area contributed by atoms with Crippen molar-refractivity contribution in [2.24, 2.45) is 11.8 Å². The van der Waals surface area contributed by atoms with Gasteiger partial charge in [-0.25, -0.2) is 0 Å². The molecule has 2 heterocycles. The Morgan fingerprint density at radius 1 is 1.42 bits per heavy atom. The first-order valence-electron chi connectivity index (χ1n) is 7.81. The largest absolute Gasteiger partial charge is 0.352 e. The Labute approximate surface area is 117 Å². The van der Waals surface area contributed by atoms with Crippen molar-refractivity contribution >= 4 is 5.91 Å². The quantitative estimate of drug-likeness (QED) is 0.787. The number of hydrogen-bond donors (Lipinski definition) is 2. The zero-order chi connectivity index (χ0) is 14.0. The van der Waals surface area contributed by atoms with Crippen LogP contribution in [0.5, 0.6) is 0 Å². The maximum absolute atomic E-state index is 12.3. The van der Waals surface area contributed by atoms with Crippen molar-refractivity contribution in [3.63, 3.8) is 0 Å². The van der Waals surface area contributed by atoms with Crippen LogP contribution in [-0.4, -0.2) is 48.6 Å². The first-order valence-corrected chi connectivity index (χ1v) is 7.81. The second-order valence-corrected chi connectivity index (χ2v) is 6.39. The van der Waals surface area contributed by atoms with Gasteiger partial charge in [0.25, 0.3) is 0 Å². The summed E-state index contributed by atoms with van der Waals surface area (Å²) in [5.41, 5.74) is 0. The van der Waals surface area contributed by atoms with Crippen molar-refractivity contribution < 1.29 is 4.79 Å². The molecule has 2 aliphatic rings. The molecular weight excluding hydrogens is 238 g/mol. The molecule has 0 aromatic carbocycles. The van der Waals surface area contributed by atoms with Gasteiger partial charge in [-0.2, -0.15) is 0 Å². The fraction of sp³-hybridized carbons (Fsp3) is 0.933. The van der Waals surface area contributed by atoms with Crippen LogP contribution < -0.4 is 10.6 Å². The predicted molar refractivity (Wildman–Crippen MR) is 78.0 cm³/mol. The molecule has 5 unspecified atom stereocenters. The molecule has 5 atom stereocenters. The summed E-state index contributed by atoms with van der Waals surface area (Å²) in [5.74, 6) is 1.65. The van der Waals surface area contributed by atoms with Crippen LogP contribution in [0.1, 0.15) is 40.5 Å². The molecule has 2 saturated heterocycles. The van der Waals surface area contributed by atoms with Gasteiger partial charge in [0, 0.05) is 18.6 Å². The molecule has 0 spiro atoms. The van der Waals surface area contributed by atoms with E-state index in [2.05, 4.69) is 43.2 Å². The van der Waals surface area contributed by atoms with E-state index in [1.54, 1.807) is 0 Å². The number of carbonyl (C=O) groups is 1. The van der Waals surface area contributed by atoms with E-state index in [0.29, 0.717) is 12.1 Å². The van der Waals surface area contributed by atoms with Gasteiger partial charge in [-0.05, 0) is 52.1 Å². The monoisotopic (exact) mass is 267 g/mol.